The van der Waals surface area contributed by atoms with Crippen molar-refractivity contribution in [2.45, 2.75) is 290 Å². The Morgan fingerprint density at radius 3 is 0.875 bits per heavy atom. The van der Waals surface area contributed by atoms with Crippen molar-refractivity contribution in [1.82, 2.24) is 0 Å². The van der Waals surface area contributed by atoms with Gasteiger partial charge in [-0.2, -0.15) is 0 Å². The first-order chi connectivity index (χ1) is 35.5. The van der Waals surface area contributed by atoms with Crippen molar-refractivity contribution >= 4 is 17.9 Å². The molecule has 0 bridgehead atoms. The number of unbranched alkanes of at least 4 members (excludes halogenated alkanes) is 27. The number of rotatable bonds is 54. The van der Waals surface area contributed by atoms with E-state index >= 15 is 0 Å². The summed E-state index contributed by atoms with van der Waals surface area (Å²) in [5.41, 5.74) is 0. The quantitative estimate of drug-likeness (QED) is 0.0261. The molecular formula is C66H112O6. The van der Waals surface area contributed by atoms with Gasteiger partial charge in [-0.05, 0) is 103 Å². The number of carbonyl (C=O) groups excluding carboxylic acids is 3. The highest BCUT2D eigenvalue weighted by molar-refractivity contribution is 5.71. The molecule has 0 fully saturated rings. The Kier molecular flexibility index (Phi) is 56.8. The molecule has 0 aliphatic carbocycles. The smallest absolute Gasteiger partial charge is 0.306 e. The first-order valence-corrected chi connectivity index (χ1v) is 30.2. The van der Waals surface area contributed by atoms with E-state index in [1.165, 1.54) is 135 Å². The van der Waals surface area contributed by atoms with E-state index < -0.39 is 6.10 Å². The third kappa shape index (κ3) is 57.2. The van der Waals surface area contributed by atoms with Gasteiger partial charge in [0, 0.05) is 19.3 Å². The van der Waals surface area contributed by atoms with Gasteiger partial charge in [-0.1, -0.05) is 259 Å². The average molecular weight is 1000 g/mol. The van der Waals surface area contributed by atoms with Crippen LogP contribution in [-0.4, -0.2) is 37.2 Å². The minimum Gasteiger partial charge on any atom is -0.462 e. The van der Waals surface area contributed by atoms with Crippen LogP contribution in [0.25, 0.3) is 0 Å². The minimum absolute atomic E-state index is 0.0801. The van der Waals surface area contributed by atoms with Crippen LogP contribution in [0, 0.1) is 0 Å². The number of esters is 3. The van der Waals surface area contributed by atoms with E-state index in [0.717, 1.165) is 109 Å². The summed E-state index contributed by atoms with van der Waals surface area (Å²) >= 11 is 0. The molecule has 412 valence electrons. The van der Waals surface area contributed by atoms with Gasteiger partial charge in [0.1, 0.15) is 13.2 Å². The number of ether oxygens (including phenoxy) is 3. The topological polar surface area (TPSA) is 78.9 Å². The van der Waals surface area contributed by atoms with Crippen molar-refractivity contribution in [3.05, 3.63) is 97.2 Å². The molecule has 6 nitrogen and oxygen atoms in total. The van der Waals surface area contributed by atoms with E-state index in [9.17, 15) is 14.4 Å². The van der Waals surface area contributed by atoms with E-state index in [4.69, 9.17) is 14.2 Å². The van der Waals surface area contributed by atoms with Gasteiger partial charge in [-0.3, -0.25) is 14.4 Å². The molecule has 0 rings (SSSR count). The lowest BCUT2D eigenvalue weighted by molar-refractivity contribution is -0.167. The number of carbonyl (C=O) groups is 3. The number of hydrogen-bond acceptors (Lipinski definition) is 6. The highest BCUT2D eigenvalue weighted by Crippen LogP contribution is 2.15. The summed E-state index contributed by atoms with van der Waals surface area (Å²) in [4.78, 5) is 38.0. The van der Waals surface area contributed by atoms with E-state index in [2.05, 4.69) is 118 Å². The van der Waals surface area contributed by atoms with Crippen molar-refractivity contribution < 1.29 is 28.6 Å². The van der Waals surface area contributed by atoms with Crippen LogP contribution >= 0.6 is 0 Å². The zero-order valence-corrected chi connectivity index (χ0v) is 47.2. The number of allylic oxidation sites excluding steroid dienone is 16. The molecule has 0 spiro atoms. The Balaban J connectivity index is 4.19. The van der Waals surface area contributed by atoms with E-state index in [1.807, 2.05) is 0 Å². The molecule has 0 N–H and O–H groups in total. The fourth-order valence-corrected chi connectivity index (χ4v) is 8.30. The third-order valence-electron chi connectivity index (χ3n) is 12.8. The molecule has 6 heteroatoms. The Morgan fingerprint density at radius 1 is 0.292 bits per heavy atom. The maximum atomic E-state index is 12.8. The normalized spacial score (nSPS) is 12.8. The first-order valence-electron chi connectivity index (χ1n) is 30.2. The molecule has 0 aliphatic rings. The Morgan fingerprint density at radius 2 is 0.542 bits per heavy atom. The van der Waals surface area contributed by atoms with Crippen LogP contribution in [0.3, 0.4) is 0 Å². The van der Waals surface area contributed by atoms with E-state index in [-0.39, 0.29) is 31.1 Å². The predicted octanol–water partition coefficient (Wildman–Crippen LogP) is 20.5. The largest absolute Gasteiger partial charge is 0.462 e. The maximum absolute atomic E-state index is 12.8. The predicted molar refractivity (Wildman–Crippen MR) is 311 cm³/mol. The van der Waals surface area contributed by atoms with Crippen LogP contribution in [0.15, 0.2) is 97.2 Å². The summed E-state index contributed by atoms with van der Waals surface area (Å²) in [6, 6.07) is 0. The van der Waals surface area contributed by atoms with E-state index in [1.54, 1.807) is 0 Å². The van der Waals surface area contributed by atoms with Crippen molar-refractivity contribution in [2.24, 2.45) is 0 Å². The Bertz CT molecular complexity index is 1430. The summed E-state index contributed by atoms with van der Waals surface area (Å²) in [5.74, 6) is -0.892. The zero-order valence-electron chi connectivity index (χ0n) is 47.2. The fourth-order valence-electron chi connectivity index (χ4n) is 8.30. The Hall–Kier alpha value is -3.67. The van der Waals surface area contributed by atoms with Crippen LogP contribution < -0.4 is 0 Å². The molecular weight excluding hydrogens is 889 g/mol. The summed E-state index contributed by atoms with van der Waals surface area (Å²) in [6.45, 7) is 6.47. The SMILES string of the molecule is CC/C=C\C/C=C\C/C=C\C/C=C\C/C=C\C/C=C\CCCCCCCCCCCCC(=O)OCC(COC(=O)CCCCCCCCCC)OC(=O)CCCCCCCCC/C=C\C/C=C\CCCCC. The van der Waals surface area contributed by atoms with Gasteiger partial charge in [0.2, 0.25) is 0 Å². The molecule has 1 atom stereocenters. The maximum Gasteiger partial charge on any atom is 0.306 e. The lowest BCUT2D eigenvalue weighted by Crippen LogP contribution is -2.30. The molecule has 0 saturated heterocycles. The molecule has 0 amide bonds. The zero-order chi connectivity index (χ0) is 52.2. The fraction of sp³-hybridized carbons (Fsp3) is 0.712. The van der Waals surface area contributed by atoms with Gasteiger partial charge in [0.25, 0.3) is 0 Å². The molecule has 72 heavy (non-hydrogen) atoms. The molecule has 0 heterocycles. The van der Waals surface area contributed by atoms with Crippen LogP contribution in [0.5, 0.6) is 0 Å². The second kappa shape index (κ2) is 59.9. The molecule has 1 unspecified atom stereocenters. The lowest BCUT2D eigenvalue weighted by atomic mass is 10.1. The second-order valence-electron chi connectivity index (χ2n) is 19.9. The third-order valence-corrected chi connectivity index (χ3v) is 12.8. The monoisotopic (exact) mass is 1000 g/mol. The van der Waals surface area contributed by atoms with Gasteiger partial charge < -0.3 is 14.2 Å². The molecule has 0 aromatic rings. The van der Waals surface area contributed by atoms with Gasteiger partial charge in [0.15, 0.2) is 6.10 Å². The first kappa shape index (κ1) is 68.3. The summed E-state index contributed by atoms with van der Waals surface area (Å²) in [6.07, 6.45) is 79.9. The molecule has 0 aromatic heterocycles. The minimum atomic E-state index is -0.781. The molecule has 0 aliphatic heterocycles. The van der Waals surface area contributed by atoms with Gasteiger partial charge >= 0.3 is 17.9 Å². The molecule has 0 saturated carbocycles. The average Bonchev–Trinajstić information content (AvgIpc) is 3.38. The van der Waals surface area contributed by atoms with Gasteiger partial charge in [0.05, 0.1) is 0 Å². The highest BCUT2D eigenvalue weighted by atomic mass is 16.6. The van der Waals surface area contributed by atoms with Crippen LogP contribution in [0.2, 0.25) is 0 Å². The van der Waals surface area contributed by atoms with Crippen LogP contribution in [-0.2, 0) is 28.6 Å². The summed E-state index contributed by atoms with van der Waals surface area (Å²) < 4.78 is 16.8. The van der Waals surface area contributed by atoms with Crippen LogP contribution in [0.1, 0.15) is 284 Å². The van der Waals surface area contributed by atoms with Crippen molar-refractivity contribution in [3.63, 3.8) is 0 Å². The lowest BCUT2D eigenvalue weighted by Gasteiger charge is -2.18. The van der Waals surface area contributed by atoms with E-state index in [0.29, 0.717) is 19.3 Å². The molecule has 0 aromatic carbocycles. The summed E-state index contributed by atoms with van der Waals surface area (Å²) in [5, 5.41) is 0. The number of hydrogen-bond donors (Lipinski definition) is 0. The van der Waals surface area contributed by atoms with Gasteiger partial charge in [-0.25, -0.2) is 0 Å². The highest BCUT2D eigenvalue weighted by Gasteiger charge is 2.19. The molecule has 0 radical (unpaired) electrons. The van der Waals surface area contributed by atoms with Crippen molar-refractivity contribution in [1.29, 1.82) is 0 Å². The van der Waals surface area contributed by atoms with Crippen molar-refractivity contribution in [2.75, 3.05) is 13.2 Å². The second-order valence-corrected chi connectivity index (χ2v) is 19.9. The summed E-state index contributed by atoms with van der Waals surface area (Å²) in [7, 11) is 0. The van der Waals surface area contributed by atoms with Gasteiger partial charge in [-0.15, -0.1) is 0 Å². The van der Waals surface area contributed by atoms with Crippen LogP contribution in [0.4, 0.5) is 0 Å². The van der Waals surface area contributed by atoms with Crippen molar-refractivity contribution in [3.8, 4) is 0 Å². The standard InChI is InChI=1S/C66H112O6/c1-4-7-10-13-16-19-21-23-25-27-28-29-30-31-32-33-34-35-36-37-38-40-41-43-45-47-50-53-56-59-65(68)71-62-63(61-70-64(67)58-55-52-49-18-15-12-9-6-3)72-66(69)60-57-54-51-48-46-44-42-39-26-24-22-20-17-14-11-8-5-2/h7,10,16-17,19-20,23-26,28-29,31-32,34-35,63H,4-6,8-9,11-15,18,21-22,27,30,33,36-62H2,1-3H3/b10-7-,19-16-,20-17-,25-23-,26-24-,29-28-,32-31-,35-34-. The Labute approximate surface area is 445 Å².